The van der Waals surface area contributed by atoms with Gasteiger partial charge in [-0.2, -0.15) is 0 Å². The summed E-state index contributed by atoms with van der Waals surface area (Å²) < 4.78 is 74.7. The van der Waals surface area contributed by atoms with Gasteiger partial charge in [-0.1, -0.05) is 0 Å². The van der Waals surface area contributed by atoms with E-state index in [1.54, 1.807) is 0 Å². The second-order valence-corrected chi connectivity index (χ2v) is 12.3. The summed E-state index contributed by atoms with van der Waals surface area (Å²) in [5.41, 5.74) is 0. The Kier molecular flexibility index (Phi) is 6.33. The molecule has 0 radical (unpaired) electrons. The standard InChI is InChI=1S/C25H40O12/c1-21(2)26-9-13(30-21)19-17-15(32-23(5,6)34-17)11-28-25(36-19)29-12-16-18(35-24(7,8)33-16)20(37-25)14-10-27-22(3,4)31-14/h13-20H,9-12H2,1-8H3/t13-,14-,15-,16-,17-,18-,19-,20-,25?/m1/s1. The highest BCUT2D eigenvalue weighted by molar-refractivity contribution is 4.98. The van der Waals surface area contributed by atoms with Crippen LogP contribution in [0.5, 0.6) is 0 Å². The molecule has 0 aromatic heterocycles. The maximum Gasteiger partial charge on any atom is 0.413 e. The first kappa shape index (κ1) is 26.7. The molecule has 6 heterocycles. The molecule has 0 N–H and O–H groups in total. The molecule has 8 atom stereocenters. The van der Waals surface area contributed by atoms with Crippen LogP contribution in [-0.2, 0) is 56.8 Å². The van der Waals surface area contributed by atoms with Gasteiger partial charge >= 0.3 is 6.16 Å². The van der Waals surface area contributed by atoms with Crippen molar-refractivity contribution in [1.29, 1.82) is 0 Å². The summed E-state index contributed by atoms with van der Waals surface area (Å²) in [6.45, 7) is 15.6. The van der Waals surface area contributed by atoms with Gasteiger partial charge in [0.25, 0.3) is 0 Å². The molecule has 6 fully saturated rings. The van der Waals surface area contributed by atoms with Crippen LogP contribution < -0.4 is 0 Å². The van der Waals surface area contributed by atoms with Crippen LogP contribution in [0.2, 0.25) is 0 Å². The molecule has 0 aliphatic carbocycles. The fourth-order valence-corrected chi connectivity index (χ4v) is 5.91. The Hall–Kier alpha value is -0.480. The zero-order chi connectivity index (χ0) is 26.4. The van der Waals surface area contributed by atoms with E-state index >= 15 is 0 Å². The van der Waals surface area contributed by atoms with Gasteiger partial charge in [-0.05, 0) is 55.4 Å². The molecule has 6 saturated heterocycles. The van der Waals surface area contributed by atoms with Gasteiger partial charge in [0.1, 0.15) is 48.8 Å². The number of ether oxygens (including phenoxy) is 12. The van der Waals surface area contributed by atoms with Crippen LogP contribution >= 0.6 is 0 Å². The van der Waals surface area contributed by atoms with Crippen LogP contribution in [0.1, 0.15) is 55.4 Å². The highest BCUT2D eigenvalue weighted by atomic mass is 17.0. The van der Waals surface area contributed by atoms with Crippen molar-refractivity contribution in [3.05, 3.63) is 0 Å². The number of rotatable bonds is 2. The first-order chi connectivity index (χ1) is 17.1. The Balaban J connectivity index is 1.32. The molecule has 0 amide bonds. The zero-order valence-electron chi connectivity index (χ0n) is 22.8. The number of fused-ring (bicyclic) bond motifs is 2. The topological polar surface area (TPSA) is 111 Å². The second-order valence-electron chi connectivity index (χ2n) is 12.3. The van der Waals surface area contributed by atoms with E-state index in [2.05, 4.69) is 0 Å². The quantitative estimate of drug-likeness (QED) is 0.517. The lowest BCUT2D eigenvalue weighted by atomic mass is 10.0. The van der Waals surface area contributed by atoms with E-state index in [1.807, 2.05) is 55.4 Å². The summed E-state index contributed by atoms with van der Waals surface area (Å²) in [5.74, 6) is -3.20. The Morgan fingerprint density at radius 1 is 0.351 bits per heavy atom. The van der Waals surface area contributed by atoms with Gasteiger partial charge in [-0.3, -0.25) is 9.47 Å². The van der Waals surface area contributed by atoms with Crippen molar-refractivity contribution in [1.82, 2.24) is 0 Å². The summed E-state index contributed by atoms with van der Waals surface area (Å²) in [6.07, 6.45) is -6.18. The van der Waals surface area contributed by atoms with E-state index in [0.29, 0.717) is 13.2 Å². The predicted molar refractivity (Wildman–Crippen MR) is 122 cm³/mol. The predicted octanol–water partition coefficient (Wildman–Crippen LogP) is 1.77. The molecule has 12 heteroatoms. The maximum absolute atomic E-state index is 6.58. The van der Waals surface area contributed by atoms with Crippen molar-refractivity contribution < 1.29 is 56.8 Å². The molecule has 12 nitrogen and oxygen atoms in total. The molecular formula is C25H40O12. The molecule has 0 saturated carbocycles. The van der Waals surface area contributed by atoms with Crippen LogP contribution in [0.15, 0.2) is 0 Å². The molecule has 0 aromatic rings. The molecule has 0 bridgehead atoms. The summed E-state index contributed by atoms with van der Waals surface area (Å²) >= 11 is 0. The van der Waals surface area contributed by atoms with Gasteiger partial charge in [-0.25, -0.2) is 0 Å². The molecule has 6 aliphatic rings. The minimum atomic E-state index is -1.91. The van der Waals surface area contributed by atoms with E-state index in [4.69, 9.17) is 56.8 Å². The summed E-state index contributed by atoms with van der Waals surface area (Å²) in [5, 5.41) is 0. The van der Waals surface area contributed by atoms with Crippen molar-refractivity contribution in [2.75, 3.05) is 26.4 Å². The Bertz CT molecular complexity index is 804. The lowest BCUT2D eigenvalue weighted by Gasteiger charge is -2.38. The largest absolute Gasteiger partial charge is 0.413 e. The minimum Gasteiger partial charge on any atom is -0.348 e. The van der Waals surface area contributed by atoms with E-state index in [9.17, 15) is 0 Å². The van der Waals surface area contributed by atoms with E-state index in [1.165, 1.54) is 0 Å². The first-order valence-electron chi connectivity index (χ1n) is 13.1. The molecule has 6 rings (SSSR count). The average Bonchev–Trinajstić information content (AvgIpc) is 3.45. The van der Waals surface area contributed by atoms with Crippen molar-refractivity contribution >= 4 is 0 Å². The molecular weight excluding hydrogens is 492 g/mol. The Morgan fingerprint density at radius 2 is 0.649 bits per heavy atom. The highest BCUT2D eigenvalue weighted by Gasteiger charge is 2.62. The van der Waals surface area contributed by atoms with E-state index in [-0.39, 0.29) is 13.2 Å². The van der Waals surface area contributed by atoms with Crippen LogP contribution in [0.4, 0.5) is 0 Å². The van der Waals surface area contributed by atoms with Crippen molar-refractivity contribution in [3.8, 4) is 0 Å². The third-order valence-electron chi connectivity index (χ3n) is 7.29. The average molecular weight is 533 g/mol. The van der Waals surface area contributed by atoms with Crippen LogP contribution in [0.3, 0.4) is 0 Å². The minimum absolute atomic E-state index is 0.102. The highest BCUT2D eigenvalue weighted by Crippen LogP contribution is 2.45. The second kappa shape index (κ2) is 8.76. The third-order valence-corrected chi connectivity index (χ3v) is 7.29. The van der Waals surface area contributed by atoms with Gasteiger partial charge in [0, 0.05) is 0 Å². The van der Waals surface area contributed by atoms with Crippen molar-refractivity contribution in [2.24, 2.45) is 0 Å². The van der Waals surface area contributed by atoms with Crippen LogP contribution in [0, 0.1) is 0 Å². The van der Waals surface area contributed by atoms with Crippen molar-refractivity contribution in [2.45, 2.75) is 134 Å². The lowest BCUT2D eigenvalue weighted by molar-refractivity contribution is -0.519. The summed E-state index contributed by atoms with van der Waals surface area (Å²) in [6, 6.07) is 0. The smallest absolute Gasteiger partial charge is 0.348 e. The molecule has 6 aliphatic heterocycles. The molecule has 37 heavy (non-hydrogen) atoms. The van der Waals surface area contributed by atoms with E-state index < -0.39 is 78.1 Å². The monoisotopic (exact) mass is 532 g/mol. The Labute approximate surface area is 217 Å². The number of hydrogen-bond acceptors (Lipinski definition) is 12. The fraction of sp³-hybridized carbons (Fsp3) is 1.00. The van der Waals surface area contributed by atoms with E-state index in [0.717, 1.165) is 0 Å². The Morgan fingerprint density at radius 3 is 0.973 bits per heavy atom. The first-order valence-corrected chi connectivity index (χ1v) is 13.1. The maximum atomic E-state index is 6.58. The zero-order valence-corrected chi connectivity index (χ0v) is 22.8. The molecule has 0 unspecified atom stereocenters. The lowest BCUT2D eigenvalue weighted by Crippen LogP contribution is -2.54. The molecule has 0 aromatic carbocycles. The molecule has 1 spiro atoms. The van der Waals surface area contributed by atoms with Gasteiger partial charge < -0.3 is 47.4 Å². The SMILES string of the molecule is CC1(C)OC[C@H]([C@H]2OC3(OC[C@H]4OC(C)(C)O[C@@H]24)OC[C@H]2OC(C)(C)O[C@H]2[C@@H]([C@H]2COC(C)(C)O2)O3)O1. The third kappa shape index (κ3) is 5.21. The van der Waals surface area contributed by atoms with Crippen molar-refractivity contribution in [3.63, 3.8) is 0 Å². The van der Waals surface area contributed by atoms with Crippen LogP contribution in [0.25, 0.3) is 0 Å². The van der Waals surface area contributed by atoms with Gasteiger partial charge in [0.05, 0.1) is 26.4 Å². The van der Waals surface area contributed by atoms with Gasteiger partial charge in [-0.15, -0.1) is 0 Å². The van der Waals surface area contributed by atoms with Crippen LogP contribution in [-0.4, -0.2) is 105 Å². The normalized spacial score (nSPS) is 47.4. The van der Waals surface area contributed by atoms with Gasteiger partial charge in [0.15, 0.2) is 23.1 Å². The molecule has 212 valence electrons. The van der Waals surface area contributed by atoms with Gasteiger partial charge in [0.2, 0.25) is 0 Å². The number of hydrogen-bond donors (Lipinski definition) is 0. The summed E-state index contributed by atoms with van der Waals surface area (Å²) in [4.78, 5) is 0. The fourth-order valence-electron chi connectivity index (χ4n) is 5.91. The summed E-state index contributed by atoms with van der Waals surface area (Å²) in [7, 11) is 0.